The highest BCUT2D eigenvalue weighted by molar-refractivity contribution is 5.99. The number of hydrogen-bond acceptors (Lipinski definition) is 6. The molecule has 1 aliphatic rings. The molecule has 29 heavy (non-hydrogen) atoms. The summed E-state index contributed by atoms with van der Waals surface area (Å²) in [5.41, 5.74) is 5.16. The first kappa shape index (κ1) is 20.0. The van der Waals surface area contributed by atoms with Crippen molar-refractivity contribution in [1.82, 2.24) is 16.2 Å². The van der Waals surface area contributed by atoms with Crippen LogP contribution in [0.25, 0.3) is 0 Å². The van der Waals surface area contributed by atoms with Crippen LogP contribution in [-0.2, 0) is 4.79 Å². The number of nitrogens with one attached hydrogen (secondary N) is 3. The zero-order valence-corrected chi connectivity index (χ0v) is 15.8. The molecule has 2 aromatic rings. The number of fused-ring (bicyclic) bond motifs is 1. The molecule has 0 bridgehead atoms. The summed E-state index contributed by atoms with van der Waals surface area (Å²) in [5, 5.41) is 2.48. The van der Waals surface area contributed by atoms with Gasteiger partial charge in [0.05, 0.1) is 18.7 Å². The number of carbonyl (C=O) groups excluding carboxylic acids is 3. The van der Waals surface area contributed by atoms with E-state index >= 15 is 0 Å². The van der Waals surface area contributed by atoms with Gasteiger partial charge in [0.2, 0.25) is 0 Å². The minimum Gasteiger partial charge on any atom is -0.493 e. The number of para-hydroxylation sites is 1. The second kappa shape index (κ2) is 9.45. The summed E-state index contributed by atoms with van der Waals surface area (Å²) in [6.45, 7) is 2.76. The molecule has 0 aliphatic carbocycles. The minimum atomic E-state index is -0.585. The second-order valence-corrected chi connectivity index (χ2v) is 5.97. The topological polar surface area (TPSA) is 115 Å². The summed E-state index contributed by atoms with van der Waals surface area (Å²) >= 11 is 0. The Morgan fingerprint density at radius 2 is 1.72 bits per heavy atom. The lowest BCUT2D eigenvalue weighted by Gasteiger charge is -2.18. The maximum absolute atomic E-state index is 12.3. The standard InChI is InChI=1S/C20H21N3O6/c1-2-27-15-6-4-3-5-14(15)20(26)21-12-18(24)22-23-19(25)13-7-8-16-17(11-13)29-10-9-28-16/h3-8,11H,2,9-10,12H2,1H3,(H,21,26)(H,22,24)(H,23,25). The Hall–Kier alpha value is -3.75. The van der Waals surface area contributed by atoms with Gasteiger partial charge in [-0.25, -0.2) is 0 Å². The molecule has 2 aromatic carbocycles. The SMILES string of the molecule is CCOc1ccccc1C(=O)NCC(=O)NNC(=O)c1ccc2c(c1)OCCO2. The summed E-state index contributed by atoms with van der Waals surface area (Å²) in [6, 6.07) is 11.4. The quantitative estimate of drug-likeness (QED) is 0.626. The Morgan fingerprint density at radius 3 is 2.52 bits per heavy atom. The van der Waals surface area contributed by atoms with E-state index in [1.165, 1.54) is 6.07 Å². The highest BCUT2D eigenvalue weighted by atomic mass is 16.6. The normalized spacial score (nSPS) is 11.9. The van der Waals surface area contributed by atoms with Crippen LogP contribution in [-0.4, -0.2) is 44.1 Å². The fraction of sp³-hybridized carbons (Fsp3) is 0.250. The van der Waals surface area contributed by atoms with Crippen LogP contribution < -0.4 is 30.4 Å². The number of ether oxygens (including phenoxy) is 3. The molecule has 0 spiro atoms. The number of rotatable bonds is 6. The Labute approximate surface area is 167 Å². The molecule has 9 heteroatoms. The highest BCUT2D eigenvalue weighted by Gasteiger charge is 2.16. The monoisotopic (exact) mass is 399 g/mol. The summed E-state index contributed by atoms with van der Waals surface area (Å²) in [5.74, 6) is -0.106. The molecule has 0 saturated heterocycles. The number of amides is 3. The number of benzene rings is 2. The third kappa shape index (κ3) is 5.16. The van der Waals surface area contributed by atoms with Crippen molar-refractivity contribution in [3.63, 3.8) is 0 Å². The van der Waals surface area contributed by atoms with E-state index in [1.54, 1.807) is 36.4 Å². The van der Waals surface area contributed by atoms with Gasteiger partial charge in [0.15, 0.2) is 11.5 Å². The van der Waals surface area contributed by atoms with Gasteiger partial charge >= 0.3 is 0 Å². The van der Waals surface area contributed by atoms with Gasteiger partial charge in [0.25, 0.3) is 17.7 Å². The van der Waals surface area contributed by atoms with E-state index in [4.69, 9.17) is 14.2 Å². The van der Waals surface area contributed by atoms with Gasteiger partial charge in [-0.05, 0) is 37.3 Å². The largest absolute Gasteiger partial charge is 0.493 e. The van der Waals surface area contributed by atoms with Crippen molar-refractivity contribution in [2.24, 2.45) is 0 Å². The average molecular weight is 399 g/mol. The maximum Gasteiger partial charge on any atom is 0.269 e. The fourth-order valence-electron chi connectivity index (χ4n) is 2.62. The van der Waals surface area contributed by atoms with Gasteiger partial charge in [-0.1, -0.05) is 12.1 Å². The van der Waals surface area contributed by atoms with E-state index < -0.39 is 17.7 Å². The summed E-state index contributed by atoms with van der Waals surface area (Å²) in [7, 11) is 0. The third-order valence-corrected chi connectivity index (χ3v) is 3.96. The number of hydrazine groups is 1. The molecule has 152 valence electrons. The smallest absolute Gasteiger partial charge is 0.269 e. The van der Waals surface area contributed by atoms with E-state index in [0.29, 0.717) is 48.2 Å². The highest BCUT2D eigenvalue weighted by Crippen LogP contribution is 2.30. The molecule has 9 nitrogen and oxygen atoms in total. The molecule has 3 N–H and O–H groups in total. The minimum absolute atomic E-state index is 0.296. The van der Waals surface area contributed by atoms with Gasteiger partial charge in [-0.15, -0.1) is 0 Å². The van der Waals surface area contributed by atoms with Crippen LogP contribution in [0.2, 0.25) is 0 Å². The zero-order valence-electron chi connectivity index (χ0n) is 15.8. The molecule has 0 fully saturated rings. The molecular formula is C20H21N3O6. The van der Waals surface area contributed by atoms with E-state index in [-0.39, 0.29) is 6.54 Å². The van der Waals surface area contributed by atoms with Crippen LogP contribution in [0, 0.1) is 0 Å². The molecule has 3 amide bonds. The van der Waals surface area contributed by atoms with Crippen molar-refractivity contribution in [2.75, 3.05) is 26.4 Å². The number of carbonyl (C=O) groups is 3. The Morgan fingerprint density at radius 1 is 0.966 bits per heavy atom. The fourth-order valence-corrected chi connectivity index (χ4v) is 2.62. The molecule has 0 aromatic heterocycles. The van der Waals surface area contributed by atoms with Crippen LogP contribution in [0.5, 0.6) is 17.2 Å². The van der Waals surface area contributed by atoms with Crippen LogP contribution in [0.4, 0.5) is 0 Å². The maximum atomic E-state index is 12.3. The lowest BCUT2D eigenvalue weighted by molar-refractivity contribution is -0.120. The zero-order chi connectivity index (χ0) is 20.6. The molecule has 0 atom stereocenters. The van der Waals surface area contributed by atoms with Gasteiger partial charge in [0, 0.05) is 5.56 Å². The molecule has 0 radical (unpaired) electrons. The average Bonchev–Trinajstić information content (AvgIpc) is 2.76. The van der Waals surface area contributed by atoms with E-state index in [2.05, 4.69) is 16.2 Å². The Kier molecular flexibility index (Phi) is 6.51. The third-order valence-electron chi connectivity index (χ3n) is 3.96. The molecule has 0 unspecified atom stereocenters. The van der Waals surface area contributed by atoms with Crippen molar-refractivity contribution in [1.29, 1.82) is 0 Å². The molecule has 1 heterocycles. The van der Waals surface area contributed by atoms with Crippen molar-refractivity contribution >= 4 is 17.7 Å². The van der Waals surface area contributed by atoms with Crippen LogP contribution >= 0.6 is 0 Å². The molecule has 1 aliphatic heterocycles. The van der Waals surface area contributed by atoms with Gasteiger partial charge in [-0.2, -0.15) is 0 Å². The van der Waals surface area contributed by atoms with E-state index in [9.17, 15) is 14.4 Å². The lowest BCUT2D eigenvalue weighted by Crippen LogP contribution is -2.46. The van der Waals surface area contributed by atoms with E-state index in [1.807, 2.05) is 6.92 Å². The van der Waals surface area contributed by atoms with Crippen LogP contribution in [0.3, 0.4) is 0 Å². The summed E-state index contributed by atoms with van der Waals surface area (Å²) in [4.78, 5) is 36.4. The first-order chi connectivity index (χ1) is 14.1. The Balaban J connectivity index is 1.49. The van der Waals surface area contributed by atoms with Gasteiger partial charge in [0.1, 0.15) is 19.0 Å². The predicted molar refractivity (Wildman–Crippen MR) is 103 cm³/mol. The van der Waals surface area contributed by atoms with Crippen molar-refractivity contribution in [2.45, 2.75) is 6.92 Å². The van der Waals surface area contributed by atoms with E-state index in [0.717, 1.165) is 0 Å². The van der Waals surface area contributed by atoms with Crippen molar-refractivity contribution < 1.29 is 28.6 Å². The lowest BCUT2D eigenvalue weighted by atomic mass is 10.2. The van der Waals surface area contributed by atoms with Crippen molar-refractivity contribution in [3.8, 4) is 17.2 Å². The van der Waals surface area contributed by atoms with Gasteiger partial charge < -0.3 is 19.5 Å². The summed E-state index contributed by atoms with van der Waals surface area (Å²) < 4.78 is 16.2. The second-order valence-electron chi connectivity index (χ2n) is 5.97. The first-order valence-electron chi connectivity index (χ1n) is 9.07. The first-order valence-corrected chi connectivity index (χ1v) is 9.07. The molecular weight excluding hydrogens is 378 g/mol. The number of hydrogen-bond donors (Lipinski definition) is 3. The Bertz CT molecular complexity index is 915. The molecule has 0 saturated carbocycles. The van der Waals surface area contributed by atoms with Crippen molar-refractivity contribution in [3.05, 3.63) is 53.6 Å². The van der Waals surface area contributed by atoms with Crippen LogP contribution in [0.15, 0.2) is 42.5 Å². The predicted octanol–water partition coefficient (Wildman–Crippen LogP) is 1.05. The molecule has 3 rings (SSSR count). The summed E-state index contributed by atoms with van der Waals surface area (Å²) in [6.07, 6.45) is 0. The van der Waals surface area contributed by atoms with Crippen LogP contribution in [0.1, 0.15) is 27.6 Å². The van der Waals surface area contributed by atoms with Gasteiger partial charge in [-0.3, -0.25) is 25.2 Å².